The smallest absolute Gasteiger partial charge is 0.224 e. The highest BCUT2D eigenvalue weighted by Crippen LogP contribution is 2.20. The van der Waals surface area contributed by atoms with Gasteiger partial charge in [0.2, 0.25) is 5.91 Å². The van der Waals surface area contributed by atoms with Crippen molar-refractivity contribution in [3.8, 4) is 0 Å². The first kappa shape index (κ1) is 15.7. The maximum absolute atomic E-state index is 11.7. The number of hydrogen-bond donors (Lipinski definition) is 1. The molecule has 0 saturated carbocycles. The van der Waals surface area contributed by atoms with E-state index in [1.165, 1.54) is 0 Å². The molecule has 1 aliphatic heterocycles. The van der Waals surface area contributed by atoms with Crippen LogP contribution in [0.1, 0.15) is 33.1 Å². The summed E-state index contributed by atoms with van der Waals surface area (Å²) in [6.45, 7) is 7.76. The van der Waals surface area contributed by atoms with Gasteiger partial charge in [-0.05, 0) is 32.9 Å². The number of likely N-dealkylation sites (tertiary alicyclic amines) is 1. The van der Waals surface area contributed by atoms with Gasteiger partial charge >= 0.3 is 0 Å². The fourth-order valence-electron chi connectivity index (χ4n) is 2.45. The highest BCUT2D eigenvalue weighted by molar-refractivity contribution is 6.22. The standard InChI is InChI=1S/C13H25ClN2O2/c1-3-15(7-8-17)6-4-5-11(2)16-10-12(14)9-13(16)18/h11-12,17H,3-10H2,1-2H3. The van der Waals surface area contributed by atoms with Crippen LogP contribution in [-0.2, 0) is 4.79 Å². The van der Waals surface area contributed by atoms with Crippen molar-refractivity contribution in [2.75, 3.05) is 32.8 Å². The minimum Gasteiger partial charge on any atom is -0.395 e. The largest absolute Gasteiger partial charge is 0.395 e. The van der Waals surface area contributed by atoms with E-state index in [9.17, 15) is 4.79 Å². The van der Waals surface area contributed by atoms with Crippen LogP contribution in [0.5, 0.6) is 0 Å². The van der Waals surface area contributed by atoms with Gasteiger partial charge in [-0.3, -0.25) is 4.79 Å². The van der Waals surface area contributed by atoms with Gasteiger partial charge in [0.05, 0.1) is 12.0 Å². The fourth-order valence-corrected chi connectivity index (χ4v) is 2.73. The third-order valence-corrected chi connectivity index (χ3v) is 3.90. The van der Waals surface area contributed by atoms with E-state index >= 15 is 0 Å². The van der Waals surface area contributed by atoms with E-state index in [1.54, 1.807) is 0 Å². The number of carbonyl (C=O) groups excluding carboxylic acids is 1. The molecule has 2 unspecified atom stereocenters. The second-order valence-corrected chi connectivity index (χ2v) is 5.61. The van der Waals surface area contributed by atoms with E-state index in [0.717, 1.165) is 32.5 Å². The molecule has 5 heteroatoms. The highest BCUT2D eigenvalue weighted by Gasteiger charge is 2.30. The summed E-state index contributed by atoms with van der Waals surface area (Å²) in [7, 11) is 0. The van der Waals surface area contributed by atoms with Crippen molar-refractivity contribution in [1.29, 1.82) is 0 Å². The normalized spacial score (nSPS) is 21.9. The Morgan fingerprint density at radius 3 is 2.78 bits per heavy atom. The molecule has 0 bridgehead atoms. The molecule has 106 valence electrons. The van der Waals surface area contributed by atoms with Crippen molar-refractivity contribution in [3.63, 3.8) is 0 Å². The Labute approximate surface area is 115 Å². The molecule has 2 atom stereocenters. The number of halogens is 1. The van der Waals surface area contributed by atoms with Gasteiger partial charge < -0.3 is 14.9 Å². The lowest BCUT2D eigenvalue weighted by Crippen LogP contribution is -2.35. The summed E-state index contributed by atoms with van der Waals surface area (Å²) >= 11 is 6.00. The molecule has 0 aromatic rings. The summed E-state index contributed by atoms with van der Waals surface area (Å²) in [5, 5.41) is 8.89. The average molecular weight is 277 g/mol. The molecule has 0 aromatic carbocycles. The van der Waals surface area contributed by atoms with Crippen LogP contribution in [0.2, 0.25) is 0 Å². The topological polar surface area (TPSA) is 43.8 Å². The van der Waals surface area contributed by atoms with Crippen LogP contribution in [0, 0.1) is 0 Å². The van der Waals surface area contributed by atoms with Crippen LogP contribution in [-0.4, -0.2) is 65.0 Å². The third kappa shape index (κ3) is 4.75. The zero-order valence-electron chi connectivity index (χ0n) is 11.4. The molecule has 1 rings (SSSR count). The Morgan fingerprint density at radius 1 is 1.56 bits per heavy atom. The lowest BCUT2D eigenvalue weighted by molar-refractivity contribution is -0.129. The van der Waals surface area contributed by atoms with Gasteiger partial charge in [0.15, 0.2) is 0 Å². The van der Waals surface area contributed by atoms with E-state index in [4.69, 9.17) is 16.7 Å². The monoisotopic (exact) mass is 276 g/mol. The zero-order valence-corrected chi connectivity index (χ0v) is 12.2. The number of rotatable bonds is 8. The first-order chi connectivity index (χ1) is 8.58. The number of alkyl halides is 1. The molecule has 0 aromatic heterocycles. The maximum Gasteiger partial charge on any atom is 0.224 e. The number of amides is 1. The number of carbonyl (C=O) groups is 1. The molecule has 1 heterocycles. The number of aliphatic hydroxyl groups excluding tert-OH is 1. The second kappa shape index (κ2) is 7.97. The fraction of sp³-hybridized carbons (Fsp3) is 0.923. The van der Waals surface area contributed by atoms with Crippen molar-refractivity contribution >= 4 is 17.5 Å². The molecule has 1 fully saturated rings. The molecule has 18 heavy (non-hydrogen) atoms. The van der Waals surface area contributed by atoms with Crippen molar-refractivity contribution in [3.05, 3.63) is 0 Å². The van der Waals surface area contributed by atoms with Gasteiger partial charge in [0, 0.05) is 25.6 Å². The average Bonchev–Trinajstić information content (AvgIpc) is 2.67. The van der Waals surface area contributed by atoms with Gasteiger partial charge in [-0.15, -0.1) is 11.6 Å². The summed E-state index contributed by atoms with van der Waals surface area (Å²) in [5.74, 6) is 0.185. The van der Waals surface area contributed by atoms with Crippen LogP contribution in [0.3, 0.4) is 0 Å². The van der Waals surface area contributed by atoms with Crippen LogP contribution in [0.25, 0.3) is 0 Å². The number of hydrogen-bond acceptors (Lipinski definition) is 3. The van der Waals surface area contributed by atoms with E-state index < -0.39 is 0 Å². The molecule has 1 saturated heterocycles. The number of aliphatic hydroxyl groups is 1. The summed E-state index contributed by atoms with van der Waals surface area (Å²) in [4.78, 5) is 15.8. The Hall–Kier alpha value is -0.320. The predicted molar refractivity (Wildman–Crippen MR) is 73.9 cm³/mol. The maximum atomic E-state index is 11.7. The van der Waals surface area contributed by atoms with Crippen molar-refractivity contribution in [2.24, 2.45) is 0 Å². The van der Waals surface area contributed by atoms with Crippen LogP contribution >= 0.6 is 11.6 Å². The Morgan fingerprint density at radius 2 is 2.28 bits per heavy atom. The van der Waals surface area contributed by atoms with Crippen LogP contribution in [0.15, 0.2) is 0 Å². The van der Waals surface area contributed by atoms with Crippen molar-refractivity contribution in [2.45, 2.75) is 44.5 Å². The zero-order chi connectivity index (χ0) is 13.5. The van der Waals surface area contributed by atoms with Gasteiger partial charge in [0.25, 0.3) is 0 Å². The van der Waals surface area contributed by atoms with Crippen molar-refractivity contribution < 1.29 is 9.90 Å². The molecule has 0 radical (unpaired) electrons. The third-order valence-electron chi connectivity index (χ3n) is 3.60. The van der Waals surface area contributed by atoms with E-state index in [-0.39, 0.29) is 23.9 Å². The molecule has 4 nitrogen and oxygen atoms in total. The van der Waals surface area contributed by atoms with E-state index in [0.29, 0.717) is 13.0 Å². The summed E-state index contributed by atoms with van der Waals surface area (Å²) < 4.78 is 0. The Kier molecular flexibility index (Phi) is 6.97. The van der Waals surface area contributed by atoms with Gasteiger partial charge in [0.1, 0.15) is 0 Å². The minimum absolute atomic E-state index is 0.0125. The van der Waals surface area contributed by atoms with E-state index in [2.05, 4.69) is 18.7 Å². The van der Waals surface area contributed by atoms with Gasteiger partial charge in [-0.25, -0.2) is 0 Å². The molecule has 0 spiro atoms. The van der Waals surface area contributed by atoms with Gasteiger partial charge in [-0.2, -0.15) is 0 Å². The highest BCUT2D eigenvalue weighted by atomic mass is 35.5. The number of likely N-dealkylation sites (N-methyl/N-ethyl adjacent to an activating group) is 1. The second-order valence-electron chi connectivity index (χ2n) is 5.00. The van der Waals surface area contributed by atoms with E-state index in [1.807, 2.05) is 4.90 Å². The first-order valence-corrected chi connectivity index (χ1v) is 7.28. The minimum atomic E-state index is -0.0125. The predicted octanol–water partition coefficient (Wildman–Crippen LogP) is 1.31. The molecule has 1 N–H and O–H groups in total. The SMILES string of the molecule is CCN(CCO)CCCC(C)N1CC(Cl)CC1=O. The molecular formula is C13H25ClN2O2. The molecular weight excluding hydrogens is 252 g/mol. The summed E-state index contributed by atoms with van der Waals surface area (Å²) in [6.07, 6.45) is 2.53. The van der Waals surface area contributed by atoms with Crippen molar-refractivity contribution in [1.82, 2.24) is 9.80 Å². The number of nitrogens with zero attached hydrogens (tertiary/aromatic N) is 2. The van der Waals surface area contributed by atoms with Crippen LogP contribution in [0.4, 0.5) is 0 Å². The molecule has 1 amide bonds. The van der Waals surface area contributed by atoms with Crippen LogP contribution < -0.4 is 0 Å². The Bertz CT molecular complexity index is 263. The summed E-state index contributed by atoms with van der Waals surface area (Å²) in [5.41, 5.74) is 0. The Balaban J connectivity index is 2.24. The van der Waals surface area contributed by atoms with Gasteiger partial charge in [-0.1, -0.05) is 6.92 Å². The lowest BCUT2D eigenvalue weighted by Gasteiger charge is -2.26. The lowest BCUT2D eigenvalue weighted by atomic mass is 10.1. The molecule has 1 aliphatic rings. The summed E-state index contributed by atoms with van der Waals surface area (Å²) in [6, 6.07) is 0.272. The quantitative estimate of drug-likeness (QED) is 0.680. The first-order valence-electron chi connectivity index (χ1n) is 6.85. The molecule has 0 aliphatic carbocycles.